The number of pyridine rings is 1. The van der Waals surface area contributed by atoms with Gasteiger partial charge in [0.05, 0.1) is 0 Å². The molecular weight excluding hydrogens is 236 g/mol. The van der Waals surface area contributed by atoms with E-state index < -0.39 is 0 Å². The van der Waals surface area contributed by atoms with Crippen LogP contribution in [0.15, 0.2) is 41.8 Å². The van der Waals surface area contributed by atoms with Crippen molar-refractivity contribution in [2.45, 2.75) is 39.0 Å². The Labute approximate surface area is 113 Å². The lowest BCUT2D eigenvalue weighted by atomic mass is 10.1. The topological polar surface area (TPSA) is 34.4 Å². The zero-order valence-corrected chi connectivity index (χ0v) is 11.4. The molecule has 0 atom stereocenters. The number of aryl methyl sites for hydroxylation is 1. The number of unbranched alkanes of at least 4 members (excludes halogenated alkanes) is 2. The molecular formula is C16H20N2O. The second-order valence-electron chi connectivity index (χ2n) is 4.76. The maximum absolute atomic E-state index is 12.1. The summed E-state index contributed by atoms with van der Waals surface area (Å²) < 4.78 is 1.61. The molecule has 2 heterocycles. The fourth-order valence-corrected chi connectivity index (χ4v) is 2.23. The first-order valence-electron chi connectivity index (χ1n) is 6.87. The van der Waals surface area contributed by atoms with Crippen LogP contribution in [0.4, 0.5) is 0 Å². The van der Waals surface area contributed by atoms with Gasteiger partial charge in [0.25, 0.3) is 5.56 Å². The predicted molar refractivity (Wildman–Crippen MR) is 78.6 cm³/mol. The Morgan fingerprint density at radius 2 is 2.26 bits per heavy atom. The van der Waals surface area contributed by atoms with Gasteiger partial charge < -0.3 is 0 Å². The maximum atomic E-state index is 12.1. The normalized spacial score (nSPS) is 10.8. The highest BCUT2D eigenvalue weighted by Crippen LogP contribution is 2.10. The molecule has 3 nitrogen and oxygen atoms in total. The Hall–Kier alpha value is -1.90. The van der Waals surface area contributed by atoms with Crippen LogP contribution in [0.25, 0.3) is 5.65 Å². The van der Waals surface area contributed by atoms with Crippen molar-refractivity contribution in [3.63, 3.8) is 0 Å². The van der Waals surface area contributed by atoms with Crippen LogP contribution in [0.3, 0.4) is 0 Å². The van der Waals surface area contributed by atoms with Crippen LogP contribution in [0.2, 0.25) is 0 Å². The number of hydrogen-bond donors (Lipinski definition) is 0. The van der Waals surface area contributed by atoms with Crippen LogP contribution in [0, 0.1) is 0 Å². The Balaban J connectivity index is 2.44. The summed E-state index contributed by atoms with van der Waals surface area (Å²) in [4.78, 5) is 16.7. The number of fused-ring (bicyclic) bond motifs is 1. The molecule has 2 rings (SSSR count). The van der Waals surface area contributed by atoms with Gasteiger partial charge in [-0.25, -0.2) is 4.98 Å². The Morgan fingerprint density at radius 1 is 1.42 bits per heavy atom. The maximum Gasteiger partial charge on any atom is 0.258 e. The molecule has 0 N–H and O–H groups in total. The highest BCUT2D eigenvalue weighted by molar-refractivity contribution is 5.48. The summed E-state index contributed by atoms with van der Waals surface area (Å²) in [5, 5.41) is 0. The summed E-state index contributed by atoms with van der Waals surface area (Å²) in [7, 11) is 0. The minimum Gasteiger partial charge on any atom is -0.269 e. The van der Waals surface area contributed by atoms with Crippen molar-refractivity contribution >= 4 is 5.65 Å². The van der Waals surface area contributed by atoms with E-state index in [1.165, 1.54) is 12.8 Å². The first-order chi connectivity index (χ1) is 9.26. The van der Waals surface area contributed by atoms with E-state index in [9.17, 15) is 4.79 Å². The van der Waals surface area contributed by atoms with Gasteiger partial charge in [-0.05, 0) is 30.9 Å². The van der Waals surface area contributed by atoms with Gasteiger partial charge in [-0.2, -0.15) is 0 Å². The van der Waals surface area contributed by atoms with Crippen LogP contribution in [-0.2, 0) is 12.8 Å². The summed E-state index contributed by atoms with van der Waals surface area (Å²) in [6.07, 6.45) is 8.65. The first kappa shape index (κ1) is 13.5. The molecule has 100 valence electrons. The van der Waals surface area contributed by atoms with Gasteiger partial charge in [0.1, 0.15) is 5.65 Å². The molecule has 0 spiro atoms. The molecule has 2 aromatic rings. The Bertz CT molecular complexity index is 628. The zero-order chi connectivity index (χ0) is 13.7. The largest absolute Gasteiger partial charge is 0.269 e. The molecule has 0 radical (unpaired) electrons. The van der Waals surface area contributed by atoms with Gasteiger partial charge in [0.15, 0.2) is 0 Å². The summed E-state index contributed by atoms with van der Waals surface area (Å²) >= 11 is 0. The molecule has 0 fully saturated rings. The van der Waals surface area contributed by atoms with Crippen molar-refractivity contribution in [2.75, 3.05) is 0 Å². The van der Waals surface area contributed by atoms with Gasteiger partial charge in [-0.15, -0.1) is 6.58 Å². The molecule has 0 unspecified atom stereocenters. The van der Waals surface area contributed by atoms with Gasteiger partial charge in [-0.3, -0.25) is 9.20 Å². The van der Waals surface area contributed by atoms with E-state index in [-0.39, 0.29) is 5.56 Å². The highest BCUT2D eigenvalue weighted by atomic mass is 16.1. The van der Waals surface area contributed by atoms with E-state index >= 15 is 0 Å². The molecule has 0 amide bonds. The third-order valence-corrected chi connectivity index (χ3v) is 3.23. The SMILES string of the molecule is C=CCc1cccn2c(=O)cc(CCCCC)nc12. The average Bonchev–Trinajstić information content (AvgIpc) is 2.40. The number of allylic oxidation sites excluding steroid dienone is 1. The second kappa shape index (κ2) is 6.32. The van der Waals surface area contributed by atoms with E-state index in [4.69, 9.17) is 0 Å². The zero-order valence-electron chi connectivity index (χ0n) is 11.4. The van der Waals surface area contributed by atoms with E-state index in [0.29, 0.717) is 0 Å². The van der Waals surface area contributed by atoms with Crippen LogP contribution in [-0.4, -0.2) is 9.38 Å². The molecule has 0 aliphatic heterocycles. The predicted octanol–water partition coefficient (Wildman–Crippen LogP) is 3.16. The summed E-state index contributed by atoms with van der Waals surface area (Å²) in [5.74, 6) is 0. The monoisotopic (exact) mass is 256 g/mol. The van der Waals surface area contributed by atoms with E-state index in [1.807, 2.05) is 18.2 Å². The molecule has 19 heavy (non-hydrogen) atoms. The first-order valence-corrected chi connectivity index (χ1v) is 6.87. The lowest BCUT2D eigenvalue weighted by Gasteiger charge is -2.07. The fourth-order valence-electron chi connectivity index (χ4n) is 2.23. The van der Waals surface area contributed by atoms with Crippen molar-refractivity contribution in [3.05, 3.63) is 58.7 Å². The standard InChI is InChI=1S/C16H20N2O/c1-3-5-6-10-14-12-15(19)18-11-7-9-13(8-4-2)16(18)17-14/h4,7,9,11-12H,2-3,5-6,8,10H2,1H3. The molecule has 0 saturated heterocycles. The van der Waals surface area contributed by atoms with E-state index in [1.54, 1.807) is 16.7 Å². The molecule has 0 saturated carbocycles. The summed E-state index contributed by atoms with van der Waals surface area (Å²) in [5.41, 5.74) is 2.71. The molecule has 0 aliphatic rings. The van der Waals surface area contributed by atoms with Crippen molar-refractivity contribution in [2.24, 2.45) is 0 Å². The van der Waals surface area contributed by atoms with Gasteiger partial charge in [-0.1, -0.05) is 31.9 Å². The van der Waals surface area contributed by atoms with Gasteiger partial charge in [0.2, 0.25) is 0 Å². The van der Waals surface area contributed by atoms with Crippen LogP contribution < -0.4 is 5.56 Å². The van der Waals surface area contributed by atoms with Gasteiger partial charge >= 0.3 is 0 Å². The molecule has 0 bridgehead atoms. The molecule has 0 aromatic carbocycles. The van der Waals surface area contributed by atoms with E-state index in [0.717, 1.165) is 36.2 Å². The van der Waals surface area contributed by atoms with Crippen molar-refractivity contribution < 1.29 is 0 Å². The molecule has 2 aromatic heterocycles. The summed E-state index contributed by atoms with van der Waals surface area (Å²) in [6, 6.07) is 5.53. The number of rotatable bonds is 6. The summed E-state index contributed by atoms with van der Waals surface area (Å²) in [6.45, 7) is 5.92. The Kier molecular flexibility index (Phi) is 4.50. The molecule has 0 aliphatic carbocycles. The third-order valence-electron chi connectivity index (χ3n) is 3.23. The van der Waals surface area contributed by atoms with Crippen LogP contribution in [0.5, 0.6) is 0 Å². The number of hydrogen-bond acceptors (Lipinski definition) is 2. The van der Waals surface area contributed by atoms with Crippen molar-refractivity contribution in [1.29, 1.82) is 0 Å². The smallest absolute Gasteiger partial charge is 0.258 e. The third kappa shape index (κ3) is 3.11. The minimum atomic E-state index is 0.00223. The Morgan fingerprint density at radius 3 is 3.00 bits per heavy atom. The van der Waals surface area contributed by atoms with Crippen LogP contribution in [0.1, 0.15) is 37.4 Å². The van der Waals surface area contributed by atoms with Crippen molar-refractivity contribution in [3.8, 4) is 0 Å². The quantitative estimate of drug-likeness (QED) is 0.587. The fraction of sp³-hybridized carbons (Fsp3) is 0.375. The van der Waals surface area contributed by atoms with Crippen molar-refractivity contribution in [1.82, 2.24) is 9.38 Å². The lowest BCUT2D eigenvalue weighted by Crippen LogP contribution is -2.16. The van der Waals surface area contributed by atoms with E-state index in [2.05, 4.69) is 18.5 Å². The van der Waals surface area contributed by atoms with Crippen LogP contribution >= 0.6 is 0 Å². The second-order valence-corrected chi connectivity index (χ2v) is 4.76. The molecule has 3 heteroatoms. The lowest BCUT2D eigenvalue weighted by molar-refractivity contribution is 0.705. The minimum absolute atomic E-state index is 0.00223. The number of nitrogens with zero attached hydrogens (tertiary/aromatic N) is 2. The highest BCUT2D eigenvalue weighted by Gasteiger charge is 2.05. The average molecular weight is 256 g/mol. The van der Waals surface area contributed by atoms with Gasteiger partial charge in [0, 0.05) is 18.0 Å². The number of aromatic nitrogens is 2.